The maximum Gasteiger partial charge on any atom is 0.220 e. The fourth-order valence-electron chi connectivity index (χ4n) is 7.74. The van der Waals surface area contributed by atoms with Gasteiger partial charge in [-0.1, -0.05) is 0 Å². The first kappa shape index (κ1) is 43.8. The van der Waals surface area contributed by atoms with Crippen molar-refractivity contribution in [3.63, 3.8) is 0 Å². The second-order valence-corrected chi connectivity index (χ2v) is 20.2. The number of thiophene rings is 2. The van der Waals surface area contributed by atoms with Gasteiger partial charge in [0.25, 0.3) is 0 Å². The summed E-state index contributed by atoms with van der Waals surface area (Å²) in [6, 6.07) is 0. The zero-order valence-electron chi connectivity index (χ0n) is 35.8. The molecule has 0 amide bonds. The van der Waals surface area contributed by atoms with Crippen molar-refractivity contribution in [3.05, 3.63) is 45.2 Å². The van der Waals surface area contributed by atoms with Gasteiger partial charge in [0.2, 0.25) is 21.9 Å². The molecular weight excluding hydrogens is 853 g/mol. The molecule has 19 nitrogen and oxygen atoms in total. The molecule has 0 saturated carbocycles. The fourth-order valence-corrected chi connectivity index (χ4v) is 11.1. The number of piperazine rings is 1. The third-order valence-corrected chi connectivity index (χ3v) is 15.3. The van der Waals surface area contributed by atoms with E-state index in [1.54, 1.807) is 59.4 Å². The molecule has 0 unspecified atom stereocenters. The summed E-state index contributed by atoms with van der Waals surface area (Å²) >= 11 is 3.27. The van der Waals surface area contributed by atoms with Gasteiger partial charge in [-0.25, -0.2) is 48.3 Å². The lowest BCUT2D eigenvalue weighted by Crippen LogP contribution is -2.47. The molecule has 0 aliphatic carbocycles. The van der Waals surface area contributed by atoms with Gasteiger partial charge in [-0.15, -0.1) is 22.7 Å². The number of nitrogens with two attached hydrogens (primary N) is 2. The molecule has 5 N–H and O–H groups in total. The average molecular weight is 905 g/mol. The topological polar surface area (TPSA) is 241 Å². The van der Waals surface area contributed by atoms with Crippen LogP contribution >= 0.6 is 22.7 Å². The van der Waals surface area contributed by atoms with Crippen molar-refractivity contribution in [2.24, 2.45) is 0 Å². The smallest absolute Gasteiger partial charge is 0.220 e. The van der Waals surface area contributed by atoms with Gasteiger partial charge in [-0.3, -0.25) is 4.90 Å². The van der Waals surface area contributed by atoms with E-state index < -0.39 is 15.6 Å². The van der Waals surface area contributed by atoms with Gasteiger partial charge in [0.15, 0.2) is 23.3 Å². The Hall–Kier alpha value is -4.81. The van der Waals surface area contributed by atoms with E-state index in [9.17, 15) is 13.5 Å². The van der Waals surface area contributed by atoms with Crippen molar-refractivity contribution in [1.82, 2.24) is 49.1 Å². The van der Waals surface area contributed by atoms with Crippen molar-refractivity contribution in [2.45, 2.75) is 46.8 Å². The molecule has 3 aliphatic heterocycles. The standard InChI is InChI=1S/C21H28N8O3S2.C19H24N6O2S/c1-14-16(13-27-3-5-29(6-4-27)34(2,30)31)33-18-17(14)25-19(15-11-23-21(22)24-12-15)26-20(18)28-7-9-32-10-8-28;1-10-13-14(28-15(10)19(3,4)26)17(25-5-7-27-8-6-25)24-16(23-13)12-9-21-18(20)22-11(12)2/h11-12H,3-10,13H2,1-2H3,(H2,22,23,24);9,26H,5-8H2,1-4H3,(H2,20,21,22). The van der Waals surface area contributed by atoms with Crippen LogP contribution in [-0.2, 0) is 31.6 Å². The predicted octanol–water partition coefficient (Wildman–Crippen LogP) is 3.36. The molecule has 0 bridgehead atoms. The summed E-state index contributed by atoms with van der Waals surface area (Å²) in [5.74, 6) is 3.34. The quantitative estimate of drug-likeness (QED) is 0.198. The van der Waals surface area contributed by atoms with Crippen LogP contribution in [0.1, 0.15) is 40.4 Å². The molecule has 22 heteroatoms. The Kier molecular flexibility index (Phi) is 12.5. The summed E-state index contributed by atoms with van der Waals surface area (Å²) in [7, 11) is -3.15. The number of morpholine rings is 2. The molecule has 3 saturated heterocycles. The molecule has 3 aliphatic rings. The van der Waals surface area contributed by atoms with Crippen LogP contribution < -0.4 is 21.3 Å². The van der Waals surface area contributed by atoms with Crippen LogP contribution in [0.15, 0.2) is 18.6 Å². The largest absolute Gasteiger partial charge is 0.385 e. The van der Waals surface area contributed by atoms with Crippen molar-refractivity contribution in [3.8, 4) is 22.8 Å². The van der Waals surface area contributed by atoms with Crippen LogP contribution in [0.25, 0.3) is 43.2 Å². The van der Waals surface area contributed by atoms with Gasteiger partial charge in [0, 0.05) is 87.2 Å². The molecule has 9 rings (SSSR count). The van der Waals surface area contributed by atoms with E-state index in [2.05, 4.69) is 41.6 Å². The highest BCUT2D eigenvalue weighted by Gasteiger charge is 2.29. The van der Waals surface area contributed by atoms with Crippen molar-refractivity contribution >= 4 is 76.7 Å². The van der Waals surface area contributed by atoms with Crippen molar-refractivity contribution in [2.75, 3.05) is 106 Å². The fraction of sp³-hybridized carbons (Fsp3) is 0.500. The monoisotopic (exact) mass is 904 g/mol. The summed E-state index contributed by atoms with van der Waals surface area (Å²) in [6.07, 6.45) is 6.24. The number of fused-ring (bicyclic) bond motifs is 2. The van der Waals surface area contributed by atoms with Crippen LogP contribution in [0, 0.1) is 20.8 Å². The van der Waals surface area contributed by atoms with E-state index in [0.717, 1.165) is 97.6 Å². The SMILES string of the molecule is Cc1c(CN2CCN(S(C)(=O)=O)CC2)sc2c(N3CCOCC3)nc(-c3cnc(N)nc3)nc12.Cc1nc(N)ncc1-c1nc(N2CCOCC2)c2sc(C(C)(C)O)c(C)c2n1. The van der Waals surface area contributed by atoms with E-state index in [4.69, 9.17) is 40.9 Å². The Balaban J connectivity index is 0.000000174. The molecule has 9 heterocycles. The molecule has 62 heavy (non-hydrogen) atoms. The van der Waals surface area contributed by atoms with Gasteiger partial charge >= 0.3 is 0 Å². The van der Waals surface area contributed by atoms with Gasteiger partial charge < -0.3 is 35.8 Å². The normalized spacial score (nSPS) is 17.1. The number of rotatable bonds is 8. The number of aryl methyl sites for hydroxylation is 3. The maximum absolute atomic E-state index is 11.8. The number of aromatic nitrogens is 8. The van der Waals surface area contributed by atoms with E-state index in [0.29, 0.717) is 64.3 Å². The molecule has 0 spiro atoms. The summed E-state index contributed by atoms with van der Waals surface area (Å²) in [4.78, 5) is 45.0. The Morgan fingerprint density at radius 3 is 1.81 bits per heavy atom. The molecule has 3 fully saturated rings. The van der Waals surface area contributed by atoms with Crippen molar-refractivity contribution in [1.29, 1.82) is 0 Å². The number of anilines is 4. The van der Waals surface area contributed by atoms with E-state index in [1.165, 1.54) is 11.1 Å². The first-order chi connectivity index (χ1) is 29.5. The second-order valence-electron chi connectivity index (χ2n) is 16.1. The lowest BCUT2D eigenvalue weighted by atomic mass is 10.0. The summed E-state index contributed by atoms with van der Waals surface area (Å²) in [5, 5.41) is 10.6. The lowest BCUT2D eigenvalue weighted by Gasteiger charge is -2.33. The number of sulfonamides is 1. The molecule has 6 aromatic rings. The first-order valence-corrected chi connectivity index (χ1v) is 23.9. The van der Waals surface area contributed by atoms with Gasteiger partial charge in [-0.05, 0) is 45.7 Å². The lowest BCUT2D eigenvalue weighted by molar-refractivity contribution is 0.0820. The summed E-state index contributed by atoms with van der Waals surface area (Å²) in [6.45, 7) is 18.5. The number of nitrogen functional groups attached to an aromatic ring is 2. The second kappa shape index (κ2) is 17.8. The minimum absolute atomic E-state index is 0.211. The Bertz CT molecular complexity index is 2690. The van der Waals surface area contributed by atoms with Crippen LogP contribution in [0.5, 0.6) is 0 Å². The number of nitrogens with zero attached hydrogens (tertiary/aromatic N) is 12. The van der Waals surface area contributed by atoms with E-state index >= 15 is 0 Å². The number of hydrogen-bond acceptors (Lipinski definition) is 20. The maximum atomic E-state index is 11.8. The minimum atomic E-state index is -3.15. The summed E-state index contributed by atoms with van der Waals surface area (Å²) < 4.78 is 38.3. The molecule has 6 aromatic heterocycles. The molecule has 330 valence electrons. The van der Waals surface area contributed by atoms with Crippen LogP contribution in [0.4, 0.5) is 23.5 Å². The zero-order valence-corrected chi connectivity index (χ0v) is 38.2. The molecule has 0 atom stereocenters. The Labute approximate surface area is 368 Å². The van der Waals surface area contributed by atoms with Crippen LogP contribution in [0.3, 0.4) is 0 Å². The average Bonchev–Trinajstić information content (AvgIpc) is 3.76. The third-order valence-electron chi connectivity index (χ3n) is 11.1. The predicted molar refractivity (Wildman–Crippen MR) is 243 cm³/mol. The number of aliphatic hydroxyl groups is 1. The Morgan fingerprint density at radius 2 is 1.24 bits per heavy atom. The molecular formula is C40H52N14O5S3. The zero-order chi connectivity index (χ0) is 43.9. The molecule has 0 radical (unpaired) electrons. The van der Waals surface area contributed by atoms with Crippen LogP contribution in [-0.4, -0.2) is 148 Å². The van der Waals surface area contributed by atoms with Gasteiger partial charge in [-0.2, -0.15) is 4.31 Å². The highest BCUT2D eigenvalue weighted by molar-refractivity contribution is 7.88. The van der Waals surface area contributed by atoms with Crippen LogP contribution in [0.2, 0.25) is 0 Å². The summed E-state index contributed by atoms with van der Waals surface area (Å²) in [5.41, 5.74) is 16.5. The highest BCUT2D eigenvalue weighted by atomic mass is 32.2. The minimum Gasteiger partial charge on any atom is -0.385 e. The van der Waals surface area contributed by atoms with E-state index in [-0.39, 0.29) is 11.9 Å². The first-order valence-electron chi connectivity index (χ1n) is 20.4. The number of hydrogen-bond donors (Lipinski definition) is 3. The number of ether oxygens (including phenoxy) is 2. The van der Waals surface area contributed by atoms with E-state index in [1.807, 2.05) is 13.8 Å². The highest BCUT2D eigenvalue weighted by Crippen LogP contribution is 2.42. The van der Waals surface area contributed by atoms with Gasteiger partial charge in [0.1, 0.15) is 0 Å². The molecule has 0 aromatic carbocycles. The van der Waals surface area contributed by atoms with Gasteiger partial charge in [0.05, 0.1) is 75.5 Å². The third kappa shape index (κ3) is 9.27. The Morgan fingerprint density at radius 1 is 0.710 bits per heavy atom. The van der Waals surface area contributed by atoms with Crippen molar-refractivity contribution < 1.29 is 23.0 Å².